The second kappa shape index (κ2) is 5.58. The van der Waals surface area contributed by atoms with E-state index in [-0.39, 0.29) is 25.3 Å². The molecule has 0 unspecified atom stereocenters. The number of hydrogen-bond acceptors (Lipinski definition) is 4. The highest BCUT2D eigenvalue weighted by Gasteiger charge is 2.34. The van der Waals surface area contributed by atoms with Crippen LogP contribution in [0.5, 0.6) is 0 Å². The van der Waals surface area contributed by atoms with Gasteiger partial charge in [0.1, 0.15) is 0 Å². The van der Waals surface area contributed by atoms with Gasteiger partial charge < -0.3 is 15.5 Å². The molecule has 1 saturated carbocycles. The second-order valence-electron chi connectivity index (χ2n) is 4.80. The zero-order valence-electron chi connectivity index (χ0n) is 10.1. The van der Waals surface area contributed by atoms with Crippen molar-refractivity contribution in [3.8, 4) is 0 Å². The van der Waals surface area contributed by atoms with Crippen LogP contribution in [0.4, 0.5) is 0 Å². The molecule has 4 heteroatoms. The summed E-state index contributed by atoms with van der Waals surface area (Å²) in [5.41, 5.74) is 2.20. The van der Waals surface area contributed by atoms with Gasteiger partial charge in [0.05, 0.1) is 31.0 Å². The summed E-state index contributed by atoms with van der Waals surface area (Å²) in [6.07, 6.45) is 4.20. The smallest absolute Gasteiger partial charge is 0.0607 e. The molecule has 1 heterocycles. The molecule has 1 aromatic rings. The number of rotatable bonds is 6. The molecule has 17 heavy (non-hydrogen) atoms. The Morgan fingerprint density at radius 1 is 1.41 bits per heavy atom. The van der Waals surface area contributed by atoms with Gasteiger partial charge in [-0.05, 0) is 43.4 Å². The molecule has 94 valence electrons. The van der Waals surface area contributed by atoms with Gasteiger partial charge in [-0.25, -0.2) is 0 Å². The molecule has 1 aromatic heterocycles. The molecule has 4 nitrogen and oxygen atoms in total. The van der Waals surface area contributed by atoms with Crippen LogP contribution in [0.1, 0.15) is 30.1 Å². The highest BCUT2D eigenvalue weighted by atomic mass is 16.3. The van der Waals surface area contributed by atoms with Crippen LogP contribution in [0.3, 0.4) is 0 Å². The van der Waals surface area contributed by atoms with Crippen molar-refractivity contribution in [1.29, 1.82) is 0 Å². The fourth-order valence-electron chi connectivity index (χ4n) is 2.04. The minimum Gasteiger partial charge on any atom is -0.395 e. The van der Waals surface area contributed by atoms with E-state index in [0.29, 0.717) is 5.92 Å². The fraction of sp³-hybridized carbons (Fsp3) is 0.615. The molecule has 0 saturated heterocycles. The Bertz CT molecular complexity index is 362. The number of pyridine rings is 1. The van der Waals surface area contributed by atoms with Crippen LogP contribution in [0.15, 0.2) is 18.3 Å². The van der Waals surface area contributed by atoms with E-state index < -0.39 is 0 Å². The SMILES string of the molecule is Cc1ccnc([C@H](NC(CO)CO)C2CC2)c1. The molecular weight excluding hydrogens is 216 g/mol. The lowest BCUT2D eigenvalue weighted by molar-refractivity contribution is 0.158. The third-order valence-corrected chi connectivity index (χ3v) is 3.20. The predicted octanol–water partition coefficient (Wildman–Crippen LogP) is 0.784. The van der Waals surface area contributed by atoms with Gasteiger partial charge in [-0.1, -0.05) is 0 Å². The second-order valence-corrected chi connectivity index (χ2v) is 4.80. The van der Waals surface area contributed by atoms with Gasteiger partial charge >= 0.3 is 0 Å². The molecule has 0 aromatic carbocycles. The average molecular weight is 236 g/mol. The highest BCUT2D eigenvalue weighted by Crippen LogP contribution is 2.40. The van der Waals surface area contributed by atoms with Crippen LogP contribution >= 0.6 is 0 Å². The summed E-state index contributed by atoms with van der Waals surface area (Å²) in [4.78, 5) is 4.40. The van der Waals surface area contributed by atoms with Gasteiger partial charge in [0.15, 0.2) is 0 Å². The summed E-state index contributed by atoms with van der Waals surface area (Å²) in [7, 11) is 0. The van der Waals surface area contributed by atoms with Gasteiger partial charge in [-0.15, -0.1) is 0 Å². The van der Waals surface area contributed by atoms with Crippen molar-refractivity contribution in [2.75, 3.05) is 13.2 Å². The topological polar surface area (TPSA) is 65.4 Å². The molecular formula is C13H20N2O2. The summed E-state index contributed by atoms with van der Waals surface area (Å²) in [6.45, 7) is 1.95. The van der Waals surface area contributed by atoms with Gasteiger partial charge in [0.25, 0.3) is 0 Å². The molecule has 1 aliphatic carbocycles. The first-order valence-corrected chi connectivity index (χ1v) is 6.15. The van der Waals surface area contributed by atoms with Gasteiger partial charge in [0, 0.05) is 6.20 Å². The predicted molar refractivity (Wildman–Crippen MR) is 65.5 cm³/mol. The van der Waals surface area contributed by atoms with Crippen molar-refractivity contribution >= 4 is 0 Å². The first-order valence-electron chi connectivity index (χ1n) is 6.15. The van der Waals surface area contributed by atoms with Crippen LogP contribution < -0.4 is 5.32 Å². The zero-order chi connectivity index (χ0) is 12.3. The van der Waals surface area contributed by atoms with Gasteiger partial charge in [-0.2, -0.15) is 0 Å². The molecule has 0 bridgehead atoms. The number of nitrogens with one attached hydrogen (secondary N) is 1. The summed E-state index contributed by atoms with van der Waals surface area (Å²) < 4.78 is 0. The zero-order valence-corrected chi connectivity index (χ0v) is 10.1. The molecule has 3 N–H and O–H groups in total. The highest BCUT2D eigenvalue weighted by molar-refractivity contribution is 5.19. The average Bonchev–Trinajstić information content (AvgIpc) is 3.15. The Balaban J connectivity index is 2.11. The van der Waals surface area contributed by atoms with Crippen LogP contribution in [0.25, 0.3) is 0 Å². The van der Waals surface area contributed by atoms with Gasteiger partial charge in [-0.3, -0.25) is 4.98 Å². The van der Waals surface area contributed by atoms with E-state index in [1.807, 2.05) is 19.2 Å². The quantitative estimate of drug-likeness (QED) is 0.683. The van der Waals surface area contributed by atoms with Crippen molar-refractivity contribution < 1.29 is 10.2 Å². The van der Waals surface area contributed by atoms with Crippen LogP contribution in [-0.4, -0.2) is 34.5 Å². The van der Waals surface area contributed by atoms with Crippen LogP contribution in [-0.2, 0) is 0 Å². The monoisotopic (exact) mass is 236 g/mol. The van der Waals surface area contributed by atoms with E-state index in [9.17, 15) is 0 Å². The third-order valence-electron chi connectivity index (χ3n) is 3.20. The third kappa shape index (κ3) is 3.25. The fourth-order valence-corrected chi connectivity index (χ4v) is 2.04. The Morgan fingerprint density at radius 3 is 2.65 bits per heavy atom. The van der Waals surface area contributed by atoms with E-state index in [1.54, 1.807) is 0 Å². The lowest BCUT2D eigenvalue weighted by Gasteiger charge is -2.23. The number of hydrogen-bond donors (Lipinski definition) is 3. The van der Waals surface area contributed by atoms with E-state index in [2.05, 4.69) is 16.4 Å². The van der Waals surface area contributed by atoms with E-state index in [0.717, 1.165) is 5.69 Å². The van der Waals surface area contributed by atoms with E-state index >= 15 is 0 Å². The normalized spacial score (nSPS) is 17.4. The molecule has 0 radical (unpaired) electrons. The molecule has 0 amide bonds. The van der Waals surface area contributed by atoms with Crippen molar-refractivity contribution in [3.63, 3.8) is 0 Å². The maximum Gasteiger partial charge on any atom is 0.0607 e. The lowest BCUT2D eigenvalue weighted by atomic mass is 10.1. The van der Waals surface area contributed by atoms with Crippen LogP contribution in [0, 0.1) is 12.8 Å². The maximum atomic E-state index is 9.14. The van der Waals surface area contributed by atoms with Crippen molar-refractivity contribution in [3.05, 3.63) is 29.6 Å². The first-order chi connectivity index (χ1) is 8.24. The molecule has 1 aliphatic rings. The van der Waals surface area contributed by atoms with Gasteiger partial charge in [0.2, 0.25) is 0 Å². The van der Waals surface area contributed by atoms with E-state index in [4.69, 9.17) is 10.2 Å². The minimum atomic E-state index is -0.261. The first kappa shape index (κ1) is 12.5. The molecule has 0 spiro atoms. The largest absolute Gasteiger partial charge is 0.395 e. The van der Waals surface area contributed by atoms with Crippen molar-refractivity contribution in [1.82, 2.24) is 10.3 Å². The molecule has 1 fully saturated rings. The Morgan fingerprint density at radius 2 is 2.12 bits per heavy atom. The Kier molecular flexibility index (Phi) is 4.10. The summed E-state index contributed by atoms with van der Waals surface area (Å²) in [5, 5.41) is 21.6. The Hall–Kier alpha value is -0.970. The number of aromatic nitrogens is 1. The standard InChI is InChI=1S/C13H20N2O2/c1-9-4-5-14-12(6-9)13(10-2-3-10)15-11(7-16)8-17/h4-6,10-11,13,15-17H,2-3,7-8H2,1H3/t13-/m1/s1. The number of aliphatic hydroxyl groups excluding tert-OH is 2. The minimum absolute atomic E-state index is 0.0501. The number of aliphatic hydroxyl groups is 2. The summed E-state index contributed by atoms with van der Waals surface area (Å²) in [6, 6.07) is 3.94. The van der Waals surface area contributed by atoms with Crippen molar-refractivity contribution in [2.24, 2.45) is 5.92 Å². The van der Waals surface area contributed by atoms with Crippen molar-refractivity contribution in [2.45, 2.75) is 31.8 Å². The molecule has 2 rings (SSSR count). The van der Waals surface area contributed by atoms with E-state index in [1.165, 1.54) is 18.4 Å². The summed E-state index contributed by atoms with van der Waals surface area (Å²) >= 11 is 0. The lowest BCUT2D eigenvalue weighted by Crippen LogP contribution is -2.39. The van der Waals surface area contributed by atoms with Crippen LogP contribution in [0.2, 0.25) is 0 Å². The molecule has 1 atom stereocenters. The summed E-state index contributed by atoms with van der Waals surface area (Å²) in [5.74, 6) is 0.588. The molecule has 0 aliphatic heterocycles. The maximum absolute atomic E-state index is 9.14. The Labute approximate surface area is 102 Å². The number of nitrogens with zero attached hydrogens (tertiary/aromatic N) is 1. The number of aryl methyl sites for hydroxylation is 1.